The van der Waals surface area contributed by atoms with E-state index in [1.807, 2.05) is 24.3 Å². The van der Waals surface area contributed by atoms with Crippen LogP contribution in [-0.2, 0) is 0 Å². The van der Waals surface area contributed by atoms with Crippen LogP contribution in [0.3, 0.4) is 0 Å². The van der Waals surface area contributed by atoms with Crippen LogP contribution >= 0.6 is 69.6 Å². The van der Waals surface area contributed by atoms with Crippen molar-refractivity contribution in [1.82, 2.24) is 4.90 Å². The van der Waals surface area contributed by atoms with Crippen LogP contribution in [0.4, 0.5) is 0 Å². The number of aliphatic imine (C=N–C) groups is 2. The number of benzene rings is 1. The second-order valence-corrected chi connectivity index (χ2v) is 11.4. The van der Waals surface area contributed by atoms with E-state index in [0.29, 0.717) is 17.3 Å². The van der Waals surface area contributed by atoms with Crippen LogP contribution in [0.2, 0.25) is 0 Å². The molecule has 0 heterocycles. The van der Waals surface area contributed by atoms with Crippen molar-refractivity contribution < 1.29 is 0 Å². The van der Waals surface area contributed by atoms with Crippen LogP contribution in [0.25, 0.3) is 0 Å². The smallest absolute Gasteiger partial charge is 0.269 e. The Hall–Kier alpha value is -0.860. The van der Waals surface area contributed by atoms with Gasteiger partial charge in [0.1, 0.15) is 0 Å². The second-order valence-electron chi connectivity index (χ2n) is 6.90. The average Bonchev–Trinajstić information content (AvgIpc) is 2.67. The van der Waals surface area contributed by atoms with Gasteiger partial charge < -0.3 is 4.90 Å². The van der Waals surface area contributed by atoms with Gasteiger partial charge >= 0.3 is 0 Å². The van der Waals surface area contributed by atoms with Gasteiger partial charge in [0.05, 0.1) is 0 Å². The quantitative estimate of drug-likeness (QED) is 0.127. The van der Waals surface area contributed by atoms with Gasteiger partial charge in [-0.2, -0.15) is 0 Å². The molecule has 31 heavy (non-hydrogen) atoms. The third-order valence-electron chi connectivity index (χ3n) is 4.43. The van der Waals surface area contributed by atoms with Gasteiger partial charge in [0, 0.05) is 31.6 Å². The summed E-state index contributed by atoms with van der Waals surface area (Å²) in [5.41, 5.74) is 2.87. The molecule has 1 aliphatic carbocycles. The topological polar surface area (TPSA) is 28.0 Å². The van der Waals surface area contributed by atoms with Crippen LogP contribution in [0.1, 0.15) is 30.9 Å². The fourth-order valence-corrected chi connectivity index (χ4v) is 3.59. The molecule has 2 rings (SSSR count). The van der Waals surface area contributed by atoms with Crippen LogP contribution in [0.5, 0.6) is 0 Å². The Morgan fingerprint density at radius 3 is 2.29 bits per heavy atom. The van der Waals surface area contributed by atoms with Crippen molar-refractivity contribution >= 4 is 81.3 Å². The first kappa shape index (κ1) is 26.4. The maximum atomic E-state index is 6.05. The number of amidine groups is 2. The zero-order valence-electron chi connectivity index (χ0n) is 17.1. The van der Waals surface area contributed by atoms with Crippen LogP contribution in [0, 0.1) is 17.8 Å². The lowest BCUT2D eigenvalue weighted by Crippen LogP contribution is -2.44. The maximum Gasteiger partial charge on any atom is 0.269 e. The number of alkyl halides is 6. The zero-order chi connectivity index (χ0) is 23.2. The Balaban J connectivity index is 2.21. The Morgan fingerprint density at radius 2 is 1.77 bits per heavy atom. The van der Waals surface area contributed by atoms with Gasteiger partial charge in [0.15, 0.2) is 11.7 Å². The number of allylic oxidation sites excluding steroid dienone is 4. The Labute approximate surface area is 213 Å². The molecule has 1 aromatic rings. The van der Waals surface area contributed by atoms with Gasteiger partial charge in [-0.05, 0) is 43.5 Å². The molecule has 0 radical (unpaired) electrons. The highest BCUT2D eigenvalue weighted by molar-refractivity contribution is 6.77. The monoisotopic (exact) mass is 537 g/mol. The summed E-state index contributed by atoms with van der Waals surface area (Å²) in [5.74, 6) is 7.14. The Morgan fingerprint density at radius 1 is 1.13 bits per heavy atom. The molecule has 0 spiro atoms. The molecule has 0 bridgehead atoms. The van der Waals surface area contributed by atoms with Gasteiger partial charge in [-0.15, -0.1) is 0 Å². The minimum Gasteiger partial charge on any atom is -0.315 e. The first-order valence-corrected chi connectivity index (χ1v) is 11.6. The van der Waals surface area contributed by atoms with Crippen molar-refractivity contribution in [2.24, 2.45) is 15.9 Å². The summed E-state index contributed by atoms with van der Waals surface area (Å²) in [6.07, 6.45) is 8.42. The average molecular weight is 540 g/mol. The Kier molecular flexibility index (Phi) is 9.64. The molecule has 1 atom stereocenters. The maximum absolute atomic E-state index is 6.05. The van der Waals surface area contributed by atoms with Crippen LogP contribution in [0.15, 0.2) is 58.1 Å². The molecule has 1 aliphatic rings. The fourth-order valence-electron chi connectivity index (χ4n) is 2.85. The summed E-state index contributed by atoms with van der Waals surface area (Å²) < 4.78 is -3.79. The van der Waals surface area contributed by atoms with E-state index in [4.69, 9.17) is 69.6 Å². The summed E-state index contributed by atoms with van der Waals surface area (Å²) in [6, 6.07) is 7.46. The second kappa shape index (κ2) is 11.3. The van der Waals surface area contributed by atoms with Gasteiger partial charge in [-0.1, -0.05) is 105 Å². The number of hydrogen-bond acceptors (Lipinski definition) is 1. The zero-order valence-corrected chi connectivity index (χ0v) is 21.7. The highest BCUT2D eigenvalue weighted by Crippen LogP contribution is 2.37. The van der Waals surface area contributed by atoms with E-state index in [1.165, 1.54) is 12.6 Å². The predicted molar refractivity (Wildman–Crippen MR) is 137 cm³/mol. The van der Waals surface area contributed by atoms with Crippen molar-refractivity contribution in [3.05, 3.63) is 59.2 Å². The molecule has 0 amide bonds. The summed E-state index contributed by atoms with van der Waals surface area (Å²) in [7, 11) is 3.03. The van der Waals surface area contributed by atoms with E-state index in [1.54, 1.807) is 7.05 Å². The van der Waals surface area contributed by atoms with Gasteiger partial charge in [-0.3, -0.25) is 4.99 Å². The number of halogens is 6. The van der Waals surface area contributed by atoms with Gasteiger partial charge in [0.2, 0.25) is 3.79 Å². The fraction of sp³-hybridized carbons (Fsp3) is 0.364. The molecule has 0 fully saturated rings. The minimum atomic E-state index is -1.93. The lowest BCUT2D eigenvalue weighted by atomic mass is 9.94. The Bertz CT molecular complexity index is 954. The van der Waals surface area contributed by atoms with Gasteiger partial charge in [0.25, 0.3) is 3.92 Å². The van der Waals surface area contributed by atoms with E-state index in [0.717, 1.165) is 23.3 Å². The summed E-state index contributed by atoms with van der Waals surface area (Å²) in [4.78, 5) is 9.69. The minimum absolute atomic E-state index is 0.0770. The van der Waals surface area contributed by atoms with Crippen molar-refractivity contribution in [1.29, 1.82) is 0 Å². The predicted octanol–water partition coefficient (Wildman–Crippen LogP) is 7.36. The largest absolute Gasteiger partial charge is 0.315 e. The molecule has 0 saturated carbocycles. The molecule has 0 aromatic heterocycles. The molecule has 0 N–H and O–H groups in total. The lowest BCUT2D eigenvalue weighted by molar-refractivity contribution is 0.512. The van der Waals surface area contributed by atoms with Crippen LogP contribution in [-0.4, -0.2) is 38.4 Å². The highest BCUT2D eigenvalue weighted by Gasteiger charge is 2.39. The van der Waals surface area contributed by atoms with Crippen LogP contribution < -0.4 is 0 Å². The molecular weight excluding hydrogens is 519 g/mol. The molecule has 9 heteroatoms. The van der Waals surface area contributed by atoms with Crippen molar-refractivity contribution in [3.8, 4) is 11.8 Å². The van der Waals surface area contributed by atoms with E-state index in [-0.39, 0.29) is 5.84 Å². The molecule has 0 saturated heterocycles. The van der Waals surface area contributed by atoms with E-state index in [2.05, 4.69) is 47.0 Å². The number of nitrogens with zero attached hydrogens (tertiary/aromatic N) is 3. The lowest BCUT2D eigenvalue weighted by Gasteiger charge is -2.31. The third kappa shape index (κ3) is 8.21. The van der Waals surface area contributed by atoms with E-state index >= 15 is 0 Å². The van der Waals surface area contributed by atoms with E-state index in [9.17, 15) is 0 Å². The summed E-state index contributed by atoms with van der Waals surface area (Å²) >= 11 is 35.9. The SMILES string of the molecule is CN=C(N=C(N(C)C(Cl)(Cl)Cl)C(Cl)(Cl)Cl)c1ccc(C#CCC2C=C(C)C=CC2)cc1. The van der Waals surface area contributed by atoms with Gasteiger partial charge in [-0.25, -0.2) is 4.99 Å². The first-order valence-electron chi connectivity index (χ1n) is 9.29. The first-order chi connectivity index (χ1) is 14.4. The third-order valence-corrected chi connectivity index (χ3v) is 5.70. The molecule has 166 valence electrons. The number of hydrogen-bond donors (Lipinski definition) is 0. The van der Waals surface area contributed by atoms with Crippen molar-refractivity contribution in [2.45, 2.75) is 27.5 Å². The highest BCUT2D eigenvalue weighted by atomic mass is 35.6. The summed E-state index contributed by atoms with van der Waals surface area (Å²) in [5, 5.41) is 0. The molecular formula is C22H21Cl6N3. The molecule has 1 unspecified atom stereocenters. The van der Waals surface area contributed by atoms with E-state index < -0.39 is 7.71 Å². The molecule has 1 aromatic carbocycles. The van der Waals surface area contributed by atoms with Crippen molar-refractivity contribution in [2.75, 3.05) is 14.1 Å². The summed E-state index contributed by atoms with van der Waals surface area (Å²) in [6.45, 7) is 2.10. The molecule has 0 aliphatic heterocycles. The standard InChI is InChI=1S/C22H21Cl6N3/c1-15-6-4-8-17(14-15)9-5-7-16-10-12-18(13-11-16)19(29-2)30-20(21(23,24)25)31(3)22(26,27)28/h4,6,10-14,17H,8-9H2,1-3H3. The normalized spacial score (nSPS) is 17.7. The number of rotatable bonds is 2. The van der Waals surface area contributed by atoms with Crippen molar-refractivity contribution in [3.63, 3.8) is 0 Å². The molecule has 3 nitrogen and oxygen atoms in total.